The molecule has 2 aromatic rings. The summed E-state index contributed by atoms with van der Waals surface area (Å²) in [6.07, 6.45) is -2.81. The summed E-state index contributed by atoms with van der Waals surface area (Å²) in [5, 5.41) is 3.86. The summed E-state index contributed by atoms with van der Waals surface area (Å²) < 4.78 is 50.6. The molecular formula is C22H22ClF3N2O3. The molecule has 1 fully saturated rings. The number of rotatable bonds is 7. The number of alkyl halides is 3. The smallest absolute Gasteiger partial charge is 0.416 e. The first-order valence-electron chi connectivity index (χ1n) is 10.1. The van der Waals surface area contributed by atoms with Crippen LogP contribution in [0.5, 0.6) is 11.5 Å². The fourth-order valence-corrected chi connectivity index (χ4v) is 4.24. The minimum Gasteiger partial charge on any atom is -0.454 e. The lowest BCUT2D eigenvalue weighted by Gasteiger charge is -2.26. The van der Waals surface area contributed by atoms with Crippen molar-refractivity contribution in [3.8, 4) is 11.5 Å². The van der Waals surface area contributed by atoms with Crippen molar-refractivity contribution in [2.24, 2.45) is 0 Å². The van der Waals surface area contributed by atoms with Gasteiger partial charge in [0, 0.05) is 36.6 Å². The third-order valence-electron chi connectivity index (χ3n) is 5.63. The van der Waals surface area contributed by atoms with Crippen molar-refractivity contribution in [1.29, 1.82) is 0 Å². The molecule has 1 amide bonds. The van der Waals surface area contributed by atoms with Crippen molar-refractivity contribution in [2.45, 2.75) is 44.6 Å². The Morgan fingerprint density at radius 2 is 1.87 bits per heavy atom. The molecule has 2 aliphatic heterocycles. The highest BCUT2D eigenvalue weighted by molar-refractivity contribution is 6.31. The number of likely N-dealkylation sites (tertiary alicyclic amines) is 1. The van der Waals surface area contributed by atoms with Gasteiger partial charge in [0.25, 0.3) is 0 Å². The number of carbonyl (C=O) groups is 1. The fraction of sp³-hybridized carbons (Fsp3) is 0.409. The maximum absolute atomic E-state index is 13.3. The van der Waals surface area contributed by atoms with Crippen LogP contribution in [0.2, 0.25) is 5.02 Å². The maximum Gasteiger partial charge on any atom is 0.416 e. The number of hydrogen-bond donors (Lipinski definition) is 1. The van der Waals surface area contributed by atoms with Gasteiger partial charge in [-0.3, -0.25) is 4.79 Å². The lowest BCUT2D eigenvalue weighted by molar-refractivity contribution is -0.139. The van der Waals surface area contributed by atoms with E-state index in [9.17, 15) is 18.0 Å². The molecule has 0 radical (unpaired) electrons. The summed E-state index contributed by atoms with van der Waals surface area (Å²) in [5.74, 6) is 1.16. The second kappa shape index (κ2) is 8.96. The topological polar surface area (TPSA) is 50.8 Å². The quantitative estimate of drug-likeness (QED) is 0.613. The van der Waals surface area contributed by atoms with Gasteiger partial charge in [0.15, 0.2) is 11.5 Å². The lowest BCUT2D eigenvalue weighted by atomic mass is 10.1. The Bertz CT molecular complexity index is 968. The van der Waals surface area contributed by atoms with E-state index in [2.05, 4.69) is 5.32 Å². The summed E-state index contributed by atoms with van der Waals surface area (Å²) in [6, 6.07) is 8.87. The number of halogens is 4. The van der Waals surface area contributed by atoms with Gasteiger partial charge in [-0.1, -0.05) is 29.8 Å². The minimum absolute atomic E-state index is 0.0346. The predicted octanol–water partition coefficient (Wildman–Crippen LogP) is 4.76. The van der Waals surface area contributed by atoms with Crippen LogP contribution < -0.4 is 14.8 Å². The van der Waals surface area contributed by atoms with Crippen LogP contribution in [-0.2, 0) is 24.1 Å². The van der Waals surface area contributed by atoms with Crippen LogP contribution in [-0.4, -0.2) is 30.2 Å². The Hall–Kier alpha value is -2.45. The van der Waals surface area contributed by atoms with E-state index in [0.29, 0.717) is 48.9 Å². The Labute approximate surface area is 183 Å². The molecule has 1 N–H and O–H groups in total. The van der Waals surface area contributed by atoms with E-state index in [4.69, 9.17) is 21.1 Å². The summed E-state index contributed by atoms with van der Waals surface area (Å²) in [7, 11) is 0. The third kappa shape index (κ3) is 4.91. The minimum atomic E-state index is -4.44. The van der Waals surface area contributed by atoms with Crippen LogP contribution in [0, 0.1) is 0 Å². The highest BCUT2D eigenvalue weighted by Gasteiger charge is 2.36. The summed E-state index contributed by atoms with van der Waals surface area (Å²) in [6.45, 7) is 1.24. The fourth-order valence-electron chi connectivity index (χ4n) is 4.02. The number of carbonyl (C=O) groups excluding carboxylic acids is 1. The van der Waals surface area contributed by atoms with E-state index < -0.39 is 11.7 Å². The molecule has 5 nitrogen and oxygen atoms in total. The van der Waals surface area contributed by atoms with Gasteiger partial charge < -0.3 is 19.7 Å². The Morgan fingerprint density at radius 3 is 2.65 bits per heavy atom. The number of fused-ring (bicyclic) bond motifs is 1. The van der Waals surface area contributed by atoms with Crippen molar-refractivity contribution in [3.05, 3.63) is 58.1 Å². The monoisotopic (exact) mass is 454 g/mol. The molecule has 1 unspecified atom stereocenters. The molecule has 0 saturated carbocycles. The van der Waals surface area contributed by atoms with Crippen molar-refractivity contribution in [1.82, 2.24) is 10.2 Å². The molecule has 0 spiro atoms. The number of amides is 1. The van der Waals surface area contributed by atoms with Gasteiger partial charge in [0.1, 0.15) is 0 Å². The molecule has 0 aromatic heterocycles. The average Bonchev–Trinajstić information content (AvgIpc) is 3.31. The van der Waals surface area contributed by atoms with Gasteiger partial charge in [0.2, 0.25) is 12.7 Å². The molecule has 2 heterocycles. The summed E-state index contributed by atoms with van der Waals surface area (Å²) >= 11 is 6.28. The van der Waals surface area contributed by atoms with Crippen LogP contribution in [0.15, 0.2) is 36.4 Å². The maximum atomic E-state index is 13.3. The van der Waals surface area contributed by atoms with Crippen molar-refractivity contribution in [3.63, 3.8) is 0 Å². The molecule has 1 atom stereocenters. The zero-order chi connectivity index (χ0) is 22.0. The summed E-state index contributed by atoms with van der Waals surface area (Å²) in [4.78, 5) is 13.9. The van der Waals surface area contributed by atoms with E-state index in [-0.39, 0.29) is 30.9 Å². The largest absolute Gasteiger partial charge is 0.454 e. The van der Waals surface area contributed by atoms with Crippen LogP contribution in [0.3, 0.4) is 0 Å². The number of nitrogens with zero attached hydrogens (tertiary/aromatic N) is 1. The molecule has 1 saturated heterocycles. The van der Waals surface area contributed by atoms with E-state index in [1.165, 1.54) is 12.1 Å². The summed E-state index contributed by atoms with van der Waals surface area (Å²) in [5.41, 5.74) is 0.295. The number of benzene rings is 2. The molecular weight excluding hydrogens is 433 g/mol. The van der Waals surface area contributed by atoms with Crippen molar-refractivity contribution < 1.29 is 27.4 Å². The Morgan fingerprint density at radius 1 is 1.13 bits per heavy atom. The van der Waals surface area contributed by atoms with E-state index in [1.54, 1.807) is 17.0 Å². The van der Waals surface area contributed by atoms with Crippen LogP contribution in [0.4, 0.5) is 13.2 Å². The highest BCUT2D eigenvalue weighted by Crippen LogP contribution is 2.37. The van der Waals surface area contributed by atoms with Gasteiger partial charge in [-0.2, -0.15) is 13.2 Å². The van der Waals surface area contributed by atoms with Gasteiger partial charge in [-0.05, 0) is 42.6 Å². The first-order valence-corrected chi connectivity index (χ1v) is 10.4. The van der Waals surface area contributed by atoms with E-state index >= 15 is 0 Å². The molecule has 4 rings (SSSR count). The zero-order valence-electron chi connectivity index (χ0n) is 16.7. The Kier molecular flexibility index (Phi) is 6.29. The second-order valence-electron chi connectivity index (χ2n) is 7.63. The van der Waals surface area contributed by atoms with Crippen molar-refractivity contribution in [2.75, 3.05) is 13.3 Å². The van der Waals surface area contributed by atoms with Gasteiger partial charge >= 0.3 is 6.18 Å². The predicted molar refractivity (Wildman–Crippen MR) is 109 cm³/mol. The lowest BCUT2D eigenvalue weighted by Crippen LogP contribution is -2.35. The van der Waals surface area contributed by atoms with Crippen LogP contribution >= 0.6 is 11.6 Å². The van der Waals surface area contributed by atoms with E-state index in [0.717, 1.165) is 11.6 Å². The third-order valence-corrected chi connectivity index (χ3v) is 5.98. The first-order chi connectivity index (χ1) is 14.8. The first kappa shape index (κ1) is 21.8. The van der Waals surface area contributed by atoms with Crippen molar-refractivity contribution >= 4 is 17.5 Å². The highest BCUT2D eigenvalue weighted by atomic mass is 35.5. The number of ether oxygens (including phenoxy) is 2. The van der Waals surface area contributed by atoms with Gasteiger partial charge in [0.05, 0.1) is 5.56 Å². The zero-order valence-corrected chi connectivity index (χ0v) is 17.4. The van der Waals surface area contributed by atoms with Gasteiger partial charge in [-0.15, -0.1) is 0 Å². The molecule has 9 heteroatoms. The average molecular weight is 455 g/mol. The van der Waals surface area contributed by atoms with E-state index in [1.807, 2.05) is 6.07 Å². The molecule has 0 aliphatic carbocycles. The molecule has 2 aliphatic rings. The molecule has 2 aromatic carbocycles. The molecule has 0 bridgehead atoms. The normalized spacial score (nSPS) is 18.1. The molecule has 31 heavy (non-hydrogen) atoms. The second-order valence-corrected chi connectivity index (χ2v) is 8.04. The van der Waals surface area contributed by atoms with Crippen LogP contribution in [0.25, 0.3) is 0 Å². The van der Waals surface area contributed by atoms with Crippen LogP contribution in [0.1, 0.15) is 36.0 Å². The Balaban J connectivity index is 1.34. The molecule has 166 valence electrons. The van der Waals surface area contributed by atoms with Gasteiger partial charge in [-0.25, -0.2) is 0 Å². The number of hydrogen-bond acceptors (Lipinski definition) is 4. The standard InChI is InChI=1S/C22H22ClF3N2O3/c23-18-10-20-19(30-13-31-20)9-15(18)11-27-8-7-16-5-6-21(29)28(16)12-14-3-1-2-4-17(14)22(24,25)26/h1-4,9-10,16,27H,5-8,11-13H2. The number of nitrogens with one attached hydrogen (secondary N) is 1. The SMILES string of the molecule is O=C1CCC(CCNCc2cc3c(cc2Cl)OCO3)N1Cc1ccccc1C(F)(F)F.